The number of ether oxygens (including phenoxy) is 1. The molecule has 0 bridgehead atoms. The maximum absolute atomic E-state index is 9.31. The molecule has 1 aliphatic rings. The van der Waals surface area contributed by atoms with Crippen LogP contribution in [0.2, 0.25) is 0 Å². The van der Waals surface area contributed by atoms with Crippen molar-refractivity contribution in [2.45, 2.75) is 25.7 Å². The quantitative estimate of drug-likeness (QED) is 0.325. The number of aromatic nitrogens is 2. The molecule has 3 rings (SSSR count). The van der Waals surface area contributed by atoms with Crippen LogP contribution in [0.4, 0.5) is 0 Å². The fourth-order valence-corrected chi connectivity index (χ4v) is 3.39. The van der Waals surface area contributed by atoms with E-state index in [1.165, 1.54) is 0 Å². The van der Waals surface area contributed by atoms with Gasteiger partial charge in [0.15, 0.2) is 5.96 Å². The molecule has 2 aromatic rings. The van der Waals surface area contributed by atoms with Crippen molar-refractivity contribution in [3.63, 3.8) is 0 Å². The average molecular weight is 359 g/mol. The van der Waals surface area contributed by atoms with Crippen LogP contribution < -0.4 is 10.6 Å². The van der Waals surface area contributed by atoms with Gasteiger partial charge in [0, 0.05) is 45.2 Å². The first-order chi connectivity index (χ1) is 12.7. The van der Waals surface area contributed by atoms with E-state index in [4.69, 9.17) is 4.74 Å². The molecule has 0 amide bonds. The lowest BCUT2D eigenvalue weighted by molar-refractivity contribution is 0.127. The molecule has 1 aromatic carbocycles. The molecular formula is C19H29N5O2. The summed E-state index contributed by atoms with van der Waals surface area (Å²) in [5.41, 5.74) is 2.11. The molecule has 2 heterocycles. The van der Waals surface area contributed by atoms with Crippen LogP contribution in [0, 0.1) is 5.41 Å². The zero-order chi connectivity index (χ0) is 18.2. The van der Waals surface area contributed by atoms with Crippen LogP contribution >= 0.6 is 0 Å². The van der Waals surface area contributed by atoms with Gasteiger partial charge in [-0.2, -0.15) is 0 Å². The van der Waals surface area contributed by atoms with Gasteiger partial charge in [0.25, 0.3) is 0 Å². The Morgan fingerprint density at radius 1 is 1.38 bits per heavy atom. The number of guanidine groups is 1. The highest BCUT2D eigenvalue weighted by molar-refractivity contribution is 5.79. The molecule has 0 radical (unpaired) electrons. The van der Waals surface area contributed by atoms with Crippen molar-refractivity contribution in [2.75, 3.05) is 40.0 Å². The van der Waals surface area contributed by atoms with Gasteiger partial charge in [-0.25, -0.2) is 4.98 Å². The average Bonchev–Trinajstić information content (AvgIpc) is 3.28. The molecule has 0 saturated carbocycles. The number of nitrogens with one attached hydrogen (secondary N) is 3. The Labute approximate surface area is 154 Å². The Bertz CT molecular complexity index is 689. The summed E-state index contributed by atoms with van der Waals surface area (Å²) in [5.74, 6) is 1.81. The maximum Gasteiger partial charge on any atom is 0.190 e. The number of aliphatic hydroxyl groups is 1. The number of hydrogen-bond acceptors (Lipinski definition) is 4. The van der Waals surface area contributed by atoms with Gasteiger partial charge in [-0.1, -0.05) is 12.1 Å². The lowest BCUT2D eigenvalue weighted by Crippen LogP contribution is -2.44. The third-order valence-corrected chi connectivity index (χ3v) is 5.00. The van der Waals surface area contributed by atoms with Gasteiger partial charge in [0.1, 0.15) is 5.82 Å². The minimum atomic E-state index is 0.0145. The molecule has 1 atom stereocenters. The highest BCUT2D eigenvalue weighted by Crippen LogP contribution is 2.31. The molecule has 1 unspecified atom stereocenters. The molecule has 26 heavy (non-hydrogen) atoms. The number of nitrogens with zero attached hydrogens (tertiary/aromatic N) is 2. The molecule has 1 aromatic heterocycles. The molecule has 7 nitrogen and oxygen atoms in total. The Kier molecular flexibility index (Phi) is 6.46. The fourth-order valence-electron chi connectivity index (χ4n) is 3.39. The second-order valence-electron chi connectivity index (χ2n) is 6.93. The number of imidazole rings is 1. The van der Waals surface area contributed by atoms with Crippen molar-refractivity contribution in [1.29, 1.82) is 0 Å². The summed E-state index contributed by atoms with van der Waals surface area (Å²) in [6, 6.07) is 8.09. The summed E-state index contributed by atoms with van der Waals surface area (Å²) < 4.78 is 5.53. The van der Waals surface area contributed by atoms with Crippen LogP contribution in [0.25, 0.3) is 11.0 Å². The van der Waals surface area contributed by atoms with E-state index < -0.39 is 0 Å². The first kappa shape index (κ1) is 18.7. The van der Waals surface area contributed by atoms with Crippen LogP contribution in [0.15, 0.2) is 29.3 Å². The Hall–Kier alpha value is -2.12. The van der Waals surface area contributed by atoms with E-state index >= 15 is 0 Å². The molecule has 1 fully saturated rings. The van der Waals surface area contributed by atoms with Crippen molar-refractivity contribution in [1.82, 2.24) is 20.6 Å². The van der Waals surface area contributed by atoms with E-state index in [0.29, 0.717) is 6.61 Å². The third-order valence-electron chi connectivity index (χ3n) is 5.00. The van der Waals surface area contributed by atoms with Crippen LogP contribution in [0.1, 0.15) is 25.1 Å². The van der Waals surface area contributed by atoms with Crippen LogP contribution in [-0.2, 0) is 11.2 Å². The number of H-pyrrole nitrogens is 1. The number of fused-ring (bicyclic) bond motifs is 1. The minimum Gasteiger partial charge on any atom is -0.396 e. The fraction of sp³-hybridized carbons (Fsp3) is 0.579. The van der Waals surface area contributed by atoms with E-state index in [1.807, 2.05) is 24.3 Å². The second kappa shape index (κ2) is 9.00. The SMILES string of the molecule is CN=C(NCCCc1nc2ccccc2[nH]1)NCC1(CCO)CCOC1. The highest BCUT2D eigenvalue weighted by Gasteiger charge is 2.34. The van der Waals surface area contributed by atoms with Crippen molar-refractivity contribution >= 4 is 17.0 Å². The summed E-state index contributed by atoms with van der Waals surface area (Å²) in [6.45, 7) is 3.24. The molecule has 4 N–H and O–H groups in total. The zero-order valence-electron chi connectivity index (χ0n) is 15.4. The predicted molar refractivity (Wildman–Crippen MR) is 103 cm³/mol. The second-order valence-corrected chi connectivity index (χ2v) is 6.93. The topological polar surface area (TPSA) is 94.6 Å². The summed E-state index contributed by atoms with van der Waals surface area (Å²) in [6.07, 6.45) is 3.58. The highest BCUT2D eigenvalue weighted by atomic mass is 16.5. The number of aryl methyl sites for hydroxylation is 1. The molecule has 7 heteroatoms. The predicted octanol–water partition coefficient (Wildman–Crippen LogP) is 1.45. The molecular weight excluding hydrogens is 330 g/mol. The number of aliphatic imine (C=N–C) groups is 1. The van der Waals surface area contributed by atoms with Gasteiger partial charge in [-0.15, -0.1) is 0 Å². The van der Waals surface area contributed by atoms with Crippen molar-refractivity contribution in [2.24, 2.45) is 10.4 Å². The first-order valence-electron chi connectivity index (χ1n) is 9.31. The molecule has 142 valence electrons. The number of hydrogen-bond donors (Lipinski definition) is 4. The van der Waals surface area contributed by atoms with E-state index in [1.54, 1.807) is 7.05 Å². The van der Waals surface area contributed by atoms with Gasteiger partial charge in [0.05, 0.1) is 17.6 Å². The largest absolute Gasteiger partial charge is 0.396 e. The van der Waals surface area contributed by atoms with Crippen LogP contribution in [-0.4, -0.2) is 61.0 Å². The molecule has 0 spiro atoms. The van der Waals surface area contributed by atoms with Gasteiger partial charge in [0.2, 0.25) is 0 Å². The monoisotopic (exact) mass is 359 g/mol. The van der Waals surface area contributed by atoms with E-state index in [9.17, 15) is 5.11 Å². The maximum atomic E-state index is 9.31. The first-order valence-corrected chi connectivity index (χ1v) is 9.31. The van der Waals surface area contributed by atoms with Gasteiger partial charge < -0.3 is 25.5 Å². The summed E-state index contributed by atoms with van der Waals surface area (Å²) >= 11 is 0. The van der Waals surface area contributed by atoms with E-state index in [0.717, 1.165) is 68.2 Å². The van der Waals surface area contributed by atoms with Crippen LogP contribution in [0.3, 0.4) is 0 Å². The van der Waals surface area contributed by atoms with Gasteiger partial charge in [-0.3, -0.25) is 4.99 Å². The summed E-state index contributed by atoms with van der Waals surface area (Å²) in [7, 11) is 1.78. The number of benzene rings is 1. The lowest BCUT2D eigenvalue weighted by Gasteiger charge is -2.27. The van der Waals surface area contributed by atoms with E-state index in [2.05, 4.69) is 25.6 Å². The molecule has 1 aliphatic heterocycles. The number of aromatic amines is 1. The lowest BCUT2D eigenvalue weighted by atomic mass is 9.84. The van der Waals surface area contributed by atoms with Crippen molar-refractivity contribution in [3.05, 3.63) is 30.1 Å². The molecule has 0 aliphatic carbocycles. The minimum absolute atomic E-state index is 0.0145. The normalized spacial score (nSPS) is 20.6. The Morgan fingerprint density at radius 2 is 2.27 bits per heavy atom. The smallest absolute Gasteiger partial charge is 0.190 e. The van der Waals surface area contributed by atoms with E-state index in [-0.39, 0.29) is 12.0 Å². The number of aliphatic hydroxyl groups excluding tert-OH is 1. The Balaban J connectivity index is 1.41. The van der Waals surface area contributed by atoms with Crippen molar-refractivity contribution in [3.8, 4) is 0 Å². The van der Waals surface area contributed by atoms with Gasteiger partial charge >= 0.3 is 0 Å². The van der Waals surface area contributed by atoms with Crippen molar-refractivity contribution < 1.29 is 9.84 Å². The zero-order valence-corrected chi connectivity index (χ0v) is 15.4. The van der Waals surface area contributed by atoms with Gasteiger partial charge in [-0.05, 0) is 31.4 Å². The number of para-hydroxylation sites is 2. The third kappa shape index (κ3) is 4.74. The summed E-state index contributed by atoms with van der Waals surface area (Å²) in [5, 5.41) is 16.0. The standard InChI is InChI=1S/C19H29N5O2/c1-20-18(22-13-19(8-11-25)9-12-26-14-19)21-10-4-7-17-23-15-5-2-3-6-16(15)24-17/h2-3,5-6,25H,4,7-14H2,1H3,(H,23,24)(H2,20,21,22). The Morgan fingerprint density at radius 3 is 3.00 bits per heavy atom. The van der Waals surface area contributed by atoms with Crippen LogP contribution in [0.5, 0.6) is 0 Å². The molecule has 1 saturated heterocycles. The summed E-state index contributed by atoms with van der Waals surface area (Å²) in [4.78, 5) is 12.2. The number of rotatable bonds is 8.